The van der Waals surface area contributed by atoms with Crippen LogP contribution in [0.5, 0.6) is 11.5 Å². The molecule has 0 aliphatic carbocycles. The van der Waals surface area contributed by atoms with Gasteiger partial charge in [0.1, 0.15) is 34.4 Å². The fourth-order valence-electron chi connectivity index (χ4n) is 3.38. The first kappa shape index (κ1) is 27.1. The minimum absolute atomic E-state index is 0. The number of nitrogens with zero attached hydrogens (tertiary/aromatic N) is 6. The number of pyridine rings is 3. The smallest absolute Gasteiger partial charge is 0.417 e. The molecule has 0 spiro atoms. The summed E-state index contributed by atoms with van der Waals surface area (Å²) in [6.45, 7) is 1.32. The Morgan fingerprint density at radius 2 is 1.95 bits per heavy atom. The van der Waals surface area contributed by atoms with Crippen LogP contribution in [0, 0.1) is 11.3 Å². The lowest BCUT2D eigenvalue weighted by molar-refractivity contribution is -0.138. The highest BCUT2D eigenvalue weighted by atomic mass is 79.9. The number of rotatable bonds is 5. The normalized spacial score (nSPS) is 10.9. The van der Waals surface area contributed by atoms with E-state index in [1.165, 1.54) is 50.1 Å². The second-order valence-corrected chi connectivity index (χ2v) is 7.62. The van der Waals surface area contributed by atoms with E-state index >= 15 is 0 Å². The second kappa shape index (κ2) is 10.3. The summed E-state index contributed by atoms with van der Waals surface area (Å²) < 4.78 is 47.6. The molecule has 0 bridgehead atoms. The summed E-state index contributed by atoms with van der Waals surface area (Å²) in [5.74, 6) is 0.224. The molecule has 0 saturated carbocycles. The number of halogens is 4. The monoisotopic (exact) mass is 578 g/mol. The highest BCUT2D eigenvalue weighted by molar-refractivity contribution is 8.93. The predicted octanol–water partition coefficient (Wildman–Crippen LogP) is 4.02. The lowest BCUT2D eigenvalue weighted by atomic mass is 10.2. The van der Waals surface area contributed by atoms with Gasteiger partial charge in [-0.05, 0) is 12.1 Å². The van der Waals surface area contributed by atoms with Gasteiger partial charge in [0.25, 0.3) is 5.56 Å². The van der Waals surface area contributed by atoms with Gasteiger partial charge in [-0.2, -0.15) is 23.4 Å². The maximum atomic E-state index is 13.2. The van der Waals surface area contributed by atoms with E-state index in [0.29, 0.717) is 12.3 Å². The van der Waals surface area contributed by atoms with Crippen LogP contribution in [0.15, 0.2) is 41.6 Å². The summed E-state index contributed by atoms with van der Waals surface area (Å²) in [6.07, 6.45) is -1.31. The van der Waals surface area contributed by atoms with Crippen LogP contribution in [0.25, 0.3) is 11.2 Å². The van der Waals surface area contributed by atoms with Gasteiger partial charge in [0.2, 0.25) is 11.9 Å². The van der Waals surface area contributed by atoms with E-state index in [0.717, 1.165) is 4.57 Å². The first-order valence-corrected chi connectivity index (χ1v) is 10.2. The molecule has 0 atom stereocenters. The van der Waals surface area contributed by atoms with Gasteiger partial charge in [0.15, 0.2) is 11.4 Å². The van der Waals surface area contributed by atoms with E-state index in [9.17, 15) is 28.0 Å². The van der Waals surface area contributed by atoms with E-state index in [1.54, 1.807) is 0 Å². The number of alkyl halides is 3. The Kier molecular flexibility index (Phi) is 7.53. The average Bonchev–Trinajstić information content (AvgIpc) is 3.11. The van der Waals surface area contributed by atoms with E-state index < -0.39 is 17.3 Å². The van der Waals surface area contributed by atoms with Gasteiger partial charge in [-0.3, -0.25) is 9.59 Å². The van der Waals surface area contributed by atoms with Crippen molar-refractivity contribution in [3.05, 3.63) is 58.3 Å². The van der Waals surface area contributed by atoms with Gasteiger partial charge in [-0.25, -0.2) is 9.97 Å². The lowest BCUT2D eigenvalue weighted by Gasteiger charge is -2.12. The highest BCUT2D eigenvalue weighted by Gasteiger charge is 2.32. The van der Waals surface area contributed by atoms with E-state index in [4.69, 9.17) is 4.74 Å². The molecule has 11 nitrogen and oxygen atoms in total. The topological polar surface area (TPSA) is 140 Å². The predicted molar refractivity (Wildman–Crippen MR) is 132 cm³/mol. The average molecular weight is 579 g/mol. The highest BCUT2D eigenvalue weighted by Crippen LogP contribution is 2.33. The van der Waals surface area contributed by atoms with E-state index in [-0.39, 0.29) is 68.6 Å². The molecule has 0 aliphatic rings. The maximum Gasteiger partial charge on any atom is 0.417 e. The van der Waals surface area contributed by atoms with Crippen LogP contribution in [0.2, 0.25) is 0 Å². The molecule has 15 heteroatoms. The minimum atomic E-state index is -4.66. The zero-order valence-corrected chi connectivity index (χ0v) is 21.1. The van der Waals surface area contributed by atoms with Crippen molar-refractivity contribution in [1.82, 2.24) is 24.1 Å². The van der Waals surface area contributed by atoms with Crippen LogP contribution < -0.4 is 20.9 Å². The summed E-state index contributed by atoms with van der Waals surface area (Å²) >= 11 is 0. The molecule has 4 aromatic heterocycles. The number of ether oxygens (including phenoxy) is 1. The van der Waals surface area contributed by atoms with Crippen LogP contribution in [0.1, 0.15) is 18.1 Å². The van der Waals surface area contributed by atoms with Crippen LogP contribution >= 0.6 is 17.0 Å². The molecule has 0 fully saturated rings. The molecule has 0 saturated heterocycles. The molecular weight excluding hydrogens is 561 g/mol. The Bertz CT molecular complexity index is 1610. The van der Waals surface area contributed by atoms with Gasteiger partial charge in [-0.1, -0.05) is 0 Å². The molecular formula is C22H18BrF3N8O3. The van der Waals surface area contributed by atoms with Crippen molar-refractivity contribution in [1.29, 1.82) is 5.26 Å². The molecule has 0 aromatic carbocycles. The number of nitriles is 1. The van der Waals surface area contributed by atoms with Gasteiger partial charge in [0.05, 0.1) is 11.8 Å². The Balaban J connectivity index is 0.00000380. The summed E-state index contributed by atoms with van der Waals surface area (Å²) in [6, 6.07) is 5.67. The van der Waals surface area contributed by atoms with Crippen molar-refractivity contribution >= 4 is 51.5 Å². The van der Waals surface area contributed by atoms with Gasteiger partial charge in [-0.15, -0.1) is 17.0 Å². The van der Waals surface area contributed by atoms with Crippen molar-refractivity contribution in [2.24, 2.45) is 14.1 Å². The second-order valence-electron chi connectivity index (χ2n) is 7.62. The van der Waals surface area contributed by atoms with E-state index in [1.807, 2.05) is 6.07 Å². The fourth-order valence-corrected chi connectivity index (χ4v) is 3.38. The molecule has 4 aromatic rings. The molecule has 2 N–H and O–H groups in total. The summed E-state index contributed by atoms with van der Waals surface area (Å²) in [4.78, 5) is 36.1. The minimum Gasteiger partial charge on any atom is -0.454 e. The third-order valence-electron chi connectivity index (χ3n) is 5.00. The van der Waals surface area contributed by atoms with Crippen molar-refractivity contribution in [3.8, 4) is 17.6 Å². The number of carbonyl (C=O) groups excluding carboxylic acids is 1. The number of hydrogen-bond acceptors (Lipinski definition) is 8. The fraction of sp³-hybridized carbons (Fsp3) is 0.182. The largest absolute Gasteiger partial charge is 0.454 e. The molecule has 192 valence electrons. The number of aryl methyl sites for hydroxylation is 2. The van der Waals surface area contributed by atoms with Crippen LogP contribution in [-0.2, 0) is 25.1 Å². The van der Waals surface area contributed by atoms with Crippen LogP contribution in [-0.4, -0.2) is 30.0 Å². The molecule has 0 unspecified atom stereocenters. The number of anilines is 3. The van der Waals surface area contributed by atoms with Crippen molar-refractivity contribution in [2.45, 2.75) is 13.1 Å². The molecule has 1 amide bonds. The molecule has 4 rings (SSSR count). The zero-order valence-electron chi connectivity index (χ0n) is 19.4. The number of imidazole rings is 1. The van der Waals surface area contributed by atoms with E-state index in [2.05, 4.69) is 25.6 Å². The molecule has 0 aliphatic heterocycles. The Hall–Kier alpha value is -4.45. The number of amides is 1. The lowest BCUT2D eigenvalue weighted by Crippen LogP contribution is -2.23. The third kappa shape index (κ3) is 5.54. The van der Waals surface area contributed by atoms with Crippen molar-refractivity contribution in [3.63, 3.8) is 0 Å². The standard InChI is InChI=1S/C22H17F3N8O3.BrH/c1-11(34)29-17-7-13(4-5-27-17)36-16-9-28-19-18(14(16)8-26)33(3)21(31-19)30-15-6-12(22(23,24)25)10-32(2)20(15)35;/h4-7,9-10H,1-3H3,(H,27,29,34)(H,28,30,31);1H. The first-order valence-electron chi connectivity index (χ1n) is 10.2. The number of fused-ring (bicyclic) bond motifs is 1. The van der Waals surface area contributed by atoms with Crippen LogP contribution in [0.3, 0.4) is 0 Å². The Morgan fingerprint density at radius 3 is 2.59 bits per heavy atom. The summed E-state index contributed by atoms with van der Waals surface area (Å²) in [7, 11) is 2.70. The van der Waals surface area contributed by atoms with Gasteiger partial charge >= 0.3 is 6.18 Å². The summed E-state index contributed by atoms with van der Waals surface area (Å²) in [5, 5.41) is 15.0. The van der Waals surface area contributed by atoms with Crippen molar-refractivity contribution < 1.29 is 22.7 Å². The zero-order chi connectivity index (χ0) is 26.2. The first-order chi connectivity index (χ1) is 17.0. The molecule has 0 radical (unpaired) electrons. The maximum absolute atomic E-state index is 13.2. The molecule has 37 heavy (non-hydrogen) atoms. The number of nitrogens with one attached hydrogen (secondary N) is 2. The molecule has 4 heterocycles. The SMILES string of the molecule is Br.CC(=O)Nc1cc(Oc2cnc3nc(Nc4cc(C(F)(F)F)cn(C)c4=O)n(C)c3c2C#N)ccn1. The third-order valence-corrected chi connectivity index (χ3v) is 5.00. The van der Waals surface area contributed by atoms with Gasteiger partial charge < -0.3 is 24.5 Å². The number of aromatic nitrogens is 5. The van der Waals surface area contributed by atoms with Crippen LogP contribution in [0.4, 0.5) is 30.6 Å². The Labute approximate surface area is 217 Å². The van der Waals surface area contributed by atoms with Gasteiger partial charge in [0, 0.05) is 39.5 Å². The summed E-state index contributed by atoms with van der Waals surface area (Å²) in [5.41, 5.74) is -1.73. The Morgan fingerprint density at radius 1 is 1.22 bits per heavy atom. The number of carbonyl (C=O) groups is 1. The number of hydrogen-bond donors (Lipinski definition) is 2. The quantitative estimate of drug-likeness (QED) is 0.362. The van der Waals surface area contributed by atoms with Crippen molar-refractivity contribution in [2.75, 3.05) is 10.6 Å².